The summed E-state index contributed by atoms with van der Waals surface area (Å²) in [6, 6.07) is 21.0. The molecule has 0 bridgehead atoms. The van der Waals surface area contributed by atoms with Gasteiger partial charge in [-0.25, -0.2) is 13.6 Å². The number of hydrogen-bond donors (Lipinski definition) is 1. The fraction of sp³-hybridized carbons (Fsp3) is 0. The van der Waals surface area contributed by atoms with Crippen LogP contribution in [-0.4, -0.2) is 17.2 Å². The smallest absolute Gasteiger partial charge is 0.240 e. The number of nitrogens with two attached hydrogens (primary N) is 1. The predicted molar refractivity (Wildman–Crippen MR) is 105 cm³/mol. The molecule has 3 aromatic carbocycles. The van der Waals surface area contributed by atoms with E-state index in [-0.39, 0.29) is 16.3 Å². The largest absolute Gasteiger partial charge is 0.755 e. The van der Waals surface area contributed by atoms with Crippen LogP contribution < -0.4 is 9.44 Å². The van der Waals surface area contributed by atoms with E-state index in [0.29, 0.717) is 11.1 Å². The lowest BCUT2D eigenvalue weighted by molar-refractivity contribution is 0.537. The van der Waals surface area contributed by atoms with Crippen LogP contribution in [0.2, 0.25) is 0 Å². The van der Waals surface area contributed by atoms with Gasteiger partial charge in [0.15, 0.2) is 0 Å². The first-order chi connectivity index (χ1) is 13.3. The molecule has 9 heteroatoms. The first-order valence-electron chi connectivity index (χ1n) is 7.93. The number of rotatable bonds is 5. The maximum Gasteiger partial charge on any atom is 0.240 e. The van der Waals surface area contributed by atoms with Gasteiger partial charge in [0.25, 0.3) is 0 Å². The first kappa shape index (κ1) is 19.7. The summed E-state index contributed by atoms with van der Waals surface area (Å²) in [5.74, 6) is 0. The number of benzene rings is 3. The van der Waals surface area contributed by atoms with Gasteiger partial charge in [0.1, 0.15) is 4.90 Å². The number of nitrogens with zero attached hydrogens (tertiary/aromatic N) is 2. The van der Waals surface area contributed by atoms with Crippen molar-refractivity contribution in [3.05, 3.63) is 78.4 Å². The van der Waals surface area contributed by atoms with E-state index in [0.717, 1.165) is 9.87 Å². The fourth-order valence-electron chi connectivity index (χ4n) is 2.75. The fourth-order valence-corrected chi connectivity index (χ4v) is 4.13. The minimum atomic E-state index is -4.14. The molecule has 0 spiro atoms. The van der Waals surface area contributed by atoms with E-state index in [2.05, 4.69) is 6.07 Å². The number of nitriles is 1. The van der Waals surface area contributed by atoms with Gasteiger partial charge >= 0.3 is 0 Å². The lowest BCUT2D eigenvalue weighted by Gasteiger charge is -2.28. The summed E-state index contributed by atoms with van der Waals surface area (Å²) >= 11 is -2.81. The van der Waals surface area contributed by atoms with Gasteiger partial charge < -0.3 is 4.55 Å². The summed E-state index contributed by atoms with van der Waals surface area (Å²) in [6.07, 6.45) is 0. The van der Waals surface area contributed by atoms with Crippen molar-refractivity contribution in [3.63, 3.8) is 0 Å². The molecule has 142 valence electrons. The molecule has 0 radical (unpaired) electrons. The maximum absolute atomic E-state index is 12.0. The van der Waals surface area contributed by atoms with Crippen molar-refractivity contribution in [2.45, 2.75) is 4.90 Å². The second-order valence-electron chi connectivity index (χ2n) is 5.77. The third kappa shape index (κ3) is 4.11. The van der Waals surface area contributed by atoms with E-state index < -0.39 is 21.3 Å². The number of anilines is 2. The van der Waals surface area contributed by atoms with Gasteiger partial charge in [-0.2, -0.15) is 5.26 Å². The lowest BCUT2D eigenvalue weighted by Crippen LogP contribution is -2.23. The van der Waals surface area contributed by atoms with E-state index >= 15 is 0 Å². The Morgan fingerprint density at radius 1 is 0.964 bits per heavy atom. The van der Waals surface area contributed by atoms with Crippen molar-refractivity contribution in [1.82, 2.24) is 0 Å². The average molecular weight is 412 g/mol. The second kappa shape index (κ2) is 7.92. The van der Waals surface area contributed by atoms with Gasteiger partial charge in [0.2, 0.25) is 10.0 Å². The van der Waals surface area contributed by atoms with Crippen LogP contribution in [0.25, 0.3) is 11.1 Å². The Hall–Kier alpha value is -3.03. The molecule has 28 heavy (non-hydrogen) atoms. The Bertz CT molecular complexity index is 1200. The molecule has 0 amide bonds. The average Bonchev–Trinajstić information content (AvgIpc) is 2.68. The van der Waals surface area contributed by atoms with Gasteiger partial charge in [-0.15, -0.1) is 0 Å². The van der Waals surface area contributed by atoms with Gasteiger partial charge in [-0.1, -0.05) is 36.4 Å². The zero-order valence-corrected chi connectivity index (χ0v) is 16.0. The molecule has 0 aliphatic carbocycles. The zero-order valence-electron chi connectivity index (χ0n) is 14.3. The summed E-state index contributed by atoms with van der Waals surface area (Å²) in [5.41, 5.74) is 1.99. The molecule has 0 aliphatic rings. The first-order valence-corrected chi connectivity index (χ1v) is 10.5. The van der Waals surface area contributed by atoms with Gasteiger partial charge in [-0.05, 0) is 47.5 Å². The number of primary sulfonamides is 1. The molecule has 1 atom stereocenters. The monoisotopic (exact) mass is 412 g/mol. The van der Waals surface area contributed by atoms with Crippen molar-refractivity contribution in [3.8, 4) is 17.2 Å². The Labute approximate surface area is 165 Å². The van der Waals surface area contributed by atoms with E-state index in [1.165, 1.54) is 30.3 Å². The maximum atomic E-state index is 12.0. The van der Waals surface area contributed by atoms with Crippen LogP contribution in [0.5, 0.6) is 0 Å². The molecule has 0 aliphatic heterocycles. The second-order valence-corrected chi connectivity index (χ2v) is 8.10. The minimum Gasteiger partial charge on any atom is -0.755 e. The van der Waals surface area contributed by atoms with Crippen LogP contribution in [0.4, 0.5) is 11.4 Å². The number of hydrogen-bond acceptors (Lipinski definition) is 5. The molecule has 0 saturated carbocycles. The SMILES string of the molecule is N#Cc1cccc(-c2cccc(N(c3ccccc3S(N)(=O)=O)S(=O)[O-])c2)c1. The molecule has 0 fully saturated rings. The van der Waals surface area contributed by atoms with E-state index in [4.69, 9.17) is 10.4 Å². The molecule has 2 N–H and O–H groups in total. The highest BCUT2D eigenvalue weighted by Gasteiger charge is 2.20. The van der Waals surface area contributed by atoms with Crippen LogP contribution in [0.1, 0.15) is 5.56 Å². The summed E-state index contributed by atoms with van der Waals surface area (Å²) < 4.78 is 48.6. The lowest BCUT2D eigenvalue weighted by atomic mass is 10.0. The summed E-state index contributed by atoms with van der Waals surface area (Å²) in [4.78, 5) is -0.309. The van der Waals surface area contributed by atoms with Crippen molar-refractivity contribution < 1.29 is 17.2 Å². The highest BCUT2D eigenvalue weighted by molar-refractivity contribution is 7.89. The molecule has 7 nitrogen and oxygen atoms in total. The molecular weight excluding hydrogens is 398 g/mol. The van der Waals surface area contributed by atoms with Crippen molar-refractivity contribution in [1.29, 1.82) is 5.26 Å². The summed E-state index contributed by atoms with van der Waals surface area (Å²) in [5, 5.41) is 14.3. The van der Waals surface area contributed by atoms with E-state index in [9.17, 15) is 17.2 Å². The Morgan fingerprint density at radius 2 is 1.61 bits per heavy atom. The van der Waals surface area contributed by atoms with Crippen molar-refractivity contribution in [2.24, 2.45) is 5.14 Å². The minimum absolute atomic E-state index is 0.0822. The Balaban J connectivity index is 2.16. The molecular formula is C19H14N3O4S2-. The Morgan fingerprint density at radius 3 is 2.25 bits per heavy atom. The van der Waals surface area contributed by atoms with E-state index in [1.54, 1.807) is 42.5 Å². The van der Waals surface area contributed by atoms with Crippen LogP contribution in [-0.2, 0) is 21.3 Å². The normalized spacial score (nSPS) is 12.2. The molecule has 0 aromatic heterocycles. The third-order valence-corrected chi connectivity index (χ3v) is 5.61. The van der Waals surface area contributed by atoms with Gasteiger partial charge in [0.05, 0.1) is 34.3 Å². The van der Waals surface area contributed by atoms with E-state index in [1.807, 2.05) is 0 Å². The predicted octanol–water partition coefficient (Wildman–Crippen LogP) is 2.80. The molecule has 3 aromatic rings. The quantitative estimate of drug-likeness (QED) is 0.645. The van der Waals surface area contributed by atoms with Crippen LogP contribution in [0.15, 0.2) is 77.7 Å². The topological polar surface area (TPSA) is 127 Å². The van der Waals surface area contributed by atoms with Crippen molar-refractivity contribution >= 4 is 32.7 Å². The number of sulfonamides is 1. The zero-order chi connectivity index (χ0) is 20.3. The van der Waals surface area contributed by atoms with Crippen molar-refractivity contribution in [2.75, 3.05) is 4.31 Å². The molecule has 0 heterocycles. The summed E-state index contributed by atoms with van der Waals surface area (Å²) in [6.45, 7) is 0. The standard InChI is InChI=1S/C19H15N3O4S2/c20-13-14-5-3-6-15(11-14)16-7-4-8-17(12-16)22(27(23)24)18-9-1-2-10-19(18)28(21,25)26/h1-12H,(H,23,24)(H2,21,25,26)/p-1. The third-order valence-electron chi connectivity index (χ3n) is 3.95. The molecule has 0 saturated heterocycles. The van der Waals surface area contributed by atoms with Crippen LogP contribution in [0, 0.1) is 11.3 Å². The van der Waals surface area contributed by atoms with Crippen LogP contribution in [0.3, 0.4) is 0 Å². The van der Waals surface area contributed by atoms with Crippen LogP contribution >= 0.6 is 0 Å². The van der Waals surface area contributed by atoms with Gasteiger partial charge in [-0.3, -0.25) is 8.51 Å². The molecule has 3 rings (SSSR count). The summed E-state index contributed by atoms with van der Waals surface area (Å²) in [7, 11) is -4.14. The number of para-hydroxylation sites is 1. The molecule has 1 unspecified atom stereocenters. The highest BCUT2D eigenvalue weighted by Crippen LogP contribution is 2.34. The van der Waals surface area contributed by atoms with Gasteiger partial charge in [0, 0.05) is 0 Å². The Kier molecular flexibility index (Phi) is 5.58. The highest BCUT2D eigenvalue weighted by atomic mass is 32.2.